The number of hydrogen-bond acceptors (Lipinski definition) is 3. The van der Waals surface area contributed by atoms with Gasteiger partial charge in [0.2, 0.25) is 10.0 Å². The number of hydrogen-bond donors (Lipinski definition) is 1. The van der Waals surface area contributed by atoms with Crippen LogP contribution in [0.25, 0.3) is 0 Å². The quantitative estimate of drug-likeness (QED) is 0.834. The number of nitrogens with zero attached hydrogens (tertiary/aromatic N) is 1. The Balaban J connectivity index is 3.30. The lowest BCUT2D eigenvalue weighted by Gasteiger charge is -2.18. The van der Waals surface area contributed by atoms with Gasteiger partial charge in [-0.1, -0.05) is 0 Å². The summed E-state index contributed by atoms with van der Waals surface area (Å²) in [6.07, 6.45) is -2.91. The predicted octanol–water partition coefficient (Wildman–Crippen LogP) is 1.31. The first kappa shape index (κ1) is 15.9. The zero-order valence-electron chi connectivity index (χ0n) is 9.91. The maximum atomic E-state index is 13.8. The highest BCUT2D eigenvalue weighted by Crippen LogP contribution is 2.23. The van der Waals surface area contributed by atoms with Crippen LogP contribution >= 0.6 is 0 Å². The second-order valence-corrected chi connectivity index (χ2v) is 5.73. The second-order valence-electron chi connectivity index (χ2n) is 3.72. The van der Waals surface area contributed by atoms with Crippen LogP contribution in [0.15, 0.2) is 17.0 Å². The fourth-order valence-electron chi connectivity index (χ4n) is 1.42. The highest BCUT2D eigenvalue weighted by molar-refractivity contribution is 7.89. The van der Waals surface area contributed by atoms with Crippen LogP contribution in [0.2, 0.25) is 0 Å². The van der Waals surface area contributed by atoms with Gasteiger partial charge in [-0.25, -0.2) is 26.0 Å². The molecule has 0 fully saturated rings. The topological polar surface area (TPSA) is 63.4 Å². The van der Waals surface area contributed by atoms with Gasteiger partial charge in [-0.15, -0.1) is 0 Å². The van der Waals surface area contributed by atoms with Crippen molar-refractivity contribution in [3.63, 3.8) is 0 Å². The van der Waals surface area contributed by atoms with Gasteiger partial charge in [-0.2, -0.15) is 4.31 Å². The predicted molar refractivity (Wildman–Crippen MR) is 60.1 cm³/mol. The van der Waals surface area contributed by atoms with Crippen molar-refractivity contribution in [3.8, 4) is 0 Å². The Kier molecular flexibility index (Phi) is 4.88. The van der Waals surface area contributed by atoms with E-state index in [4.69, 9.17) is 5.73 Å². The van der Waals surface area contributed by atoms with Gasteiger partial charge in [-0.05, 0) is 12.1 Å². The van der Waals surface area contributed by atoms with E-state index >= 15 is 0 Å². The molecule has 0 aliphatic carbocycles. The van der Waals surface area contributed by atoms with E-state index in [2.05, 4.69) is 0 Å². The largest absolute Gasteiger partial charge is 0.326 e. The molecule has 0 spiro atoms. The lowest BCUT2D eigenvalue weighted by molar-refractivity contribution is 0.126. The molecule has 0 unspecified atom stereocenters. The van der Waals surface area contributed by atoms with Crippen LogP contribution in [0.3, 0.4) is 0 Å². The van der Waals surface area contributed by atoms with E-state index in [0.29, 0.717) is 10.4 Å². The van der Waals surface area contributed by atoms with Crippen LogP contribution in [0.1, 0.15) is 5.56 Å². The minimum Gasteiger partial charge on any atom is -0.326 e. The minimum absolute atomic E-state index is 0.300. The monoisotopic (exact) mass is 300 g/mol. The molecule has 19 heavy (non-hydrogen) atoms. The molecule has 0 radical (unpaired) electrons. The summed E-state index contributed by atoms with van der Waals surface area (Å²) in [6.45, 7) is -1.63. The number of rotatable bonds is 5. The maximum absolute atomic E-state index is 13.8. The summed E-state index contributed by atoms with van der Waals surface area (Å²) in [6, 6.07) is 1.41. The van der Waals surface area contributed by atoms with Gasteiger partial charge in [0.05, 0.1) is 6.54 Å². The molecule has 4 nitrogen and oxygen atoms in total. The summed E-state index contributed by atoms with van der Waals surface area (Å²) in [5.74, 6) is -2.35. The van der Waals surface area contributed by atoms with Crippen molar-refractivity contribution in [2.24, 2.45) is 5.73 Å². The molecular weight excluding hydrogens is 288 g/mol. The number of benzene rings is 1. The lowest BCUT2D eigenvalue weighted by Crippen LogP contribution is -2.32. The van der Waals surface area contributed by atoms with E-state index in [1.54, 1.807) is 0 Å². The van der Waals surface area contributed by atoms with Crippen LogP contribution < -0.4 is 5.73 Å². The van der Waals surface area contributed by atoms with Crippen molar-refractivity contribution in [3.05, 3.63) is 29.3 Å². The number of alkyl halides is 2. The van der Waals surface area contributed by atoms with E-state index in [-0.39, 0.29) is 0 Å². The highest BCUT2D eigenvalue weighted by Gasteiger charge is 2.28. The first-order valence-corrected chi connectivity index (χ1v) is 6.57. The zero-order valence-corrected chi connectivity index (χ0v) is 10.7. The van der Waals surface area contributed by atoms with Crippen molar-refractivity contribution in [2.75, 3.05) is 13.6 Å². The average molecular weight is 300 g/mol. The van der Waals surface area contributed by atoms with Crippen molar-refractivity contribution >= 4 is 10.0 Å². The van der Waals surface area contributed by atoms with Gasteiger partial charge < -0.3 is 5.73 Å². The molecule has 108 valence electrons. The molecule has 0 saturated heterocycles. The summed E-state index contributed by atoms with van der Waals surface area (Å²) in [5, 5.41) is 0. The maximum Gasteiger partial charge on any atom is 0.252 e. The molecular formula is C10H12F4N2O2S. The van der Waals surface area contributed by atoms with Gasteiger partial charge in [0.15, 0.2) is 5.82 Å². The lowest BCUT2D eigenvalue weighted by atomic mass is 10.2. The normalized spacial score (nSPS) is 12.4. The van der Waals surface area contributed by atoms with Gasteiger partial charge in [0.1, 0.15) is 10.7 Å². The Morgan fingerprint density at radius 3 is 2.37 bits per heavy atom. The number of nitrogens with two attached hydrogens (primary N) is 1. The number of sulfonamides is 1. The zero-order chi connectivity index (χ0) is 14.8. The molecule has 1 aromatic rings. The highest BCUT2D eigenvalue weighted by atomic mass is 32.2. The fourth-order valence-corrected chi connectivity index (χ4v) is 2.66. The van der Waals surface area contributed by atoms with E-state index < -0.39 is 51.6 Å². The summed E-state index contributed by atoms with van der Waals surface area (Å²) < 4.78 is 75.3. The average Bonchev–Trinajstić information content (AvgIpc) is 2.28. The van der Waals surface area contributed by atoms with E-state index in [1.165, 1.54) is 0 Å². The summed E-state index contributed by atoms with van der Waals surface area (Å²) in [5.41, 5.74) is 4.51. The van der Waals surface area contributed by atoms with Gasteiger partial charge >= 0.3 is 0 Å². The molecule has 0 aromatic heterocycles. The van der Waals surface area contributed by atoms with Gasteiger partial charge in [0.25, 0.3) is 6.43 Å². The summed E-state index contributed by atoms with van der Waals surface area (Å²) >= 11 is 0. The van der Waals surface area contributed by atoms with E-state index in [1.807, 2.05) is 0 Å². The van der Waals surface area contributed by atoms with Crippen molar-refractivity contribution in [1.29, 1.82) is 0 Å². The van der Waals surface area contributed by atoms with Crippen LogP contribution in [-0.2, 0) is 16.6 Å². The van der Waals surface area contributed by atoms with Crippen LogP contribution in [0, 0.1) is 11.6 Å². The molecule has 0 heterocycles. The molecule has 0 saturated carbocycles. The Morgan fingerprint density at radius 2 is 1.89 bits per heavy atom. The molecule has 0 aliphatic heterocycles. The summed E-state index contributed by atoms with van der Waals surface area (Å²) in [7, 11) is -3.58. The third-order valence-corrected chi connectivity index (χ3v) is 4.28. The molecule has 1 rings (SSSR count). The molecule has 0 amide bonds. The third kappa shape index (κ3) is 3.23. The SMILES string of the molecule is CN(CC(F)F)S(=O)(=O)c1ccc(F)c(CN)c1F. The van der Waals surface area contributed by atoms with Crippen molar-refractivity contribution < 1.29 is 26.0 Å². The minimum atomic E-state index is -4.46. The smallest absolute Gasteiger partial charge is 0.252 e. The molecule has 0 bridgehead atoms. The molecule has 1 aromatic carbocycles. The summed E-state index contributed by atoms with van der Waals surface area (Å²) in [4.78, 5) is -0.877. The fraction of sp³-hybridized carbons (Fsp3) is 0.400. The number of halogens is 4. The molecule has 0 atom stereocenters. The Labute approximate surface area is 107 Å². The first-order valence-electron chi connectivity index (χ1n) is 5.13. The van der Waals surface area contributed by atoms with Crippen LogP contribution in [-0.4, -0.2) is 32.7 Å². The van der Waals surface area contributed by atoms with E-state index in [9.17, 15) is 26.0 Å². The van der Waals surface area contributed by atoms with Gasteiger partial charge in [-0.3, -0.25) is 0 Å². The first-order chi connectivity index (χ1) is 8.71. The third-order valence-electron chi connectivity index (χ3n) is 2.44. The molecule has 2 N–H and O–H groups in total. The standard InChI is InChI=1S/C10H12F4N2O2S/c1-16(5-9(12)13)19(17,18)8-3-2-7(11)6(4-15)10(8)14/h2-3,9H,4-5,15H2,1H3. The molecule has 0 aliphatic rings. The van der Waals surface area contributed by atoms with Crippen LogP contribution in [0.5, 0.6) is 0 Å². The Hall–Kier alpha value is -1.19. The van der Waals surface area contributed by atoms with E-state index in [0.717, 1.165) is 13.1 Å². The van der Waals surface area contributed by atoms with Crippen molar-refractivity contribution in [1.82, 2.24) is 4.31 Å². The van der Waals surface area contributed by atoms with Crippen molar-refractivity contribution in [2.45, 2.75) is 17.9 Å². The Bertz CT molecular complexity index is 563. The second kappa shape index (κ2) is 5.85. The van der Waals surface area contributed by atoms with Crippen LogP contribution in [0.4, 0.5) is 17.6 Å². The molecule has 9 heteroatoms. The van der Waals surface area contributed by atoms with Gasteiger partial charge in [0, 0.05) is 19.2 Å². The Morgan fingerprint density at radius 1 is 1.32 bits per heavy atom.